The van der Waals surface area contributed by atoms with E-state index in [1.807, 2.05) is 59.3 Å². The van der Waals surface area contributed by atoms with Crippen LogP contribution in [0.2, 0.25) is 0 Å². The van der Waals surface area contributed by atoms with Crippen LogP contribution in [0.3, 0.4) is 0 Å². The summed E-state index contributed by atoms with van der Waals surface area (Å²) >= 11 is 1.60. The van der Waals surface area contributed by atoms with Gasteiger partial charge in [-0.3, -0.25) is 9.36 Å². The van der Waals surface area contributed by atoms with Crippen LogP contribution in [0.1, 0.15) is 18.2 Å². The highest BCUT2D eigenvalue weighted by molar-refractivity contribution is 7.13. The number of nitrogens with zero attached hydrogens (tertiary/aromatic N) is 2. The predicted octanol–water partition coefficient (Wildman–Crippen LogP) is 3.61. The first kappa shape index (κ1) is 14.5. The van der Waals surface area contributed by atoms with Crippen molar-refractivity contribution >= 4 is 17.2 Å². The van der Waals surface area contributed by atoms with Gasteiger partial charge in [-0.15, -0.1) is 11.3 Å². The largest absolute Gasteiger partial charge is 0.422 e. The highest BCUT2D eigenvalue weighted by Crippen LogP contribution is 2.27. The molecule has 4 nitrogen and oxygen atoms in total. The minimum atomic E-state index is -0.270. The number of hydrogen-bond acceptors (Lipinski definition) is 3. The lowest BCUT2D eigenvalue weighted by molar-refractivity contribution is -0.116. The molecule has 5 heteroatoms. The molecule has 0 saturated carbocycles. The number of carbonyl (C=O) groups excluding carboxylic acids is 1. The Kier molecular flexibility index (Phi) is 4.06. The molecule has 0 fully saturated rings. The monoisotopic (exact) mass is 312 g/mol. The van der Waals surface area contributed by atoms with Crippen molar-refractivity contribution in [1.29, 1.82) is 0 Å². The summed E-state index contributed by atoms with van der Waals surface area (Å²) in [5.74, 6) is 0.499. The maximum atomic E-state index is 11.4. The van der Waals surface area contributed by atoms with E-state index in [4.69, 9.17) is 4.42 Å². The van der Waals surface area contributed by atoms with E-state index in [9.17, 15) is 4.79 Å². The molecule has 22 heavy (non-hydrogen) atoms. The zero-order chi connectivity index (χ0) is 15.5. The van der Waals surface area contributed by atoms with Gasteiger partial charge in [0.1, 0.15) is 0 Å². The first-order valence-corrected chi connectivity index (χ1v) is 7.86. The van der Waals surface area contributed by atoms with Gasteiger partial charge in [0.2, 0.25) is 5.91 Å². The molecule has 0 N–H and O–H groups in total. The molecule has 0 saturated heterocycles. The number of thiophene rings is 1. The van der Waals surface area contributed by atoms with Gasteiger partial charge in [-0.05, 0) is 23.9 Å². The molecule has 1 aromatic carbocycles. The predicted molar refractivity (Wildman–Crippen MR) is 86.5 cm³/mol. The Morgan fingerprint density at radius 2 is 2.00 bits per heavy atom. The van der Waals surface area contributed by atoms with E-state index in [2.05, 4.69) is 4.99 Å². The lowest BCUT2D eigenvalue weighted by Gasteiger charge is -2.04. The second-order valence-electron chi connectivity index (χ2n) is 4.98. The number of hydrogen-bond donors (Lipinski definition) is 0. The number of oxazole rings is 1. The second kappa shape index (κ2) is 6.15. The minimum absolute atomic E-state index is 0.270. The van der Waals surface area contributed by atoms with Crippen LogP contribution in [0.25, 0.3) is 10.6 Å². The van der Waals surface area contributed by atoms with Crippen molar-refractivity contribution in [2.24, 2.45) is 4.99 Å². The third-order valence-corrected chi connectivity index (χ3v) is 4.21. The summed E-state index contributed by atoms with van der Waals surface area (Å²) in [5.41, 5.74) is 2.44. The van der Waals surface area contributed by atoms with Gasteiger partial charge in [-0.25, -0.2) is 0 Å². The van der Waals surface area contributed by atoms with Crippen molar-refractivity contribution in [2.45, 2.75) is 20.4 Å². The molecule has 1 amide bonds. The van der Waals surface area contributed by atoms with Crippen LogP contribution >= 0.6 is 11.3 Å². The summed E-state index contributed by atoms with van der Waals surface area (Å²) in [6.45, 7) is 4.03. The van der Waals surface area contributed by atoms with E-state index in [1.54, 1.807) is 11.3 Å². The van der Waals surface area contributed by atoms with Crippen molar-refractivity contribution in [1.82, 2.24) is 4.57 Å². The molecule has 2 aromatic heterocycles. The third-order valence-electron chi connectivity index (χ3n) is 3.34. The van der Waals surface area contributed by atoms with Crippen LogP contribution < -0.4 is 5.68 Å². The van der Waals surface area contributed by atoms with Crippen molar-refractivity contribution in [3.8, 4) is 10.6 Å². The molecule has 0 unspecified atom stereocenters. The first-order chi connectivity index (χ1) is 10.6. The van der Waals surface area contributed by atoms with Gasteiger partial charge >= 0.3 is 5.68 Å². The second-order valence-corrected chi connectivity index (χ2v) is 5.93. The summed E-state index contributed by atoms with van der Waals surface area (Å²) in [6, 6.07) is 14.0. The van der Waals surface area contributed by atoms with Crippen molar-refractivity contribution in [3.63, 3.8) is 0 Å². The maximum absolute atomic E-state index is 11.4. The molecular formula is C17H16N2O2S. The molecule has 0 spiro atoms. The van der Waals surface area contributed by atoms with Gasteiger partial charge in [0, 0.05) is 6.92 Å². The lowest BCUT2D eigenvalue weighted by atomic mass is 10.2. The zero-order valence-electron chi connectivity index (χ0n) is 12.4. The van der Waals surface area contributed by atoms with Crippen LogP contribution in [0.4, 0.5) is 0 Å². The summed E-state index contributed by atoms with van der Waals surface area (Å²) < 4.78 is 7.80. The Hall–Kier alpha value is -2.40. The summed E-state index contributed by atoms with van der Waals surface area (Å²) in [4.78, 5) is 16.4. The van der Waals surface area contributed by atoms with Gasteiger partial charge in [0.25, 0.3) is 0 Å². The molecular weight excluding hydrogens is 296 g/mol. The van der Waals surface area contributed by atoms with Crippen LogP contribution in [-0.2, 0) is 11.3 Å². The average Bonchev–Trinajstić information content (AvgIpc) is 3.11. The van der Waals surface area contributed by atoms with E-state index < -0.39 is 0 Å². The van der Waals surface area contributed by atoms with Crippen LogP contribution in [0.5, 0.6) is 0 Å². The van der Waals surface area contributed by atoms with Gasteiger partial charge < -0.3 is 4.42 Å². The number of carbonyl (C=O) groups is 1. The minimum Gasteiger partial charge on any atom is -0.422 e. The van der Waals surface area contributed by atoms with Gasteiger partial charge in [0.15, 0.2) is 5.76 Å². The van der Waals surface area contributed by atoms with E-state index in [0.29, 0.717) is 12.2 Å². The fourth-order valence-electron chi connectivity index (χ4n) is 2.29. The molecule has 0 aliphatic carbocycles. The molecule has 0 bridgehead atoms. The highest BCUT2D eigenvalue weighted by atomic mass is 32.1. The van der Waals surface area contributed by atoms with Crippen molar-refractivity contribution < 1.29 is 9.21 Å². The van der Waals surface area contributed by atoms with Crippen LogP contribution in [-0.4, -0.2) is 10.5 Å². The number of rotatable bonds is 3. The molecule has 0 radical (unpaired) electrons. The van der Waals surface area contributed by atoms with Gasteiger partial charge in [0.05, 0.1) is 17.1 Å². The van der Waals surface area contributed by atoms with Crippen molar-refractivity contribution in [2.75, 3.05) is 0 Å². The normalized spacial score (nSPS) is 11.8. The standard InChI is InChI=1S/C17H16N2O2S/c1-12-16(15-9-6-10-22-15)21-17(18-13(2)20)19(12)11-14-7-4-3-5-8-14/h3-10H,11H2,1-2H3. The Bertz CT molecular complexity index is 843. The zero-order valence-corrected chi connectivity index (χ0v) is 13.3. The van der Waals surface area contributed by atoms with Gasteiger partial charge in [-0.2, -0.15) is 4.99 Å². The quantitative estimate of drug-likeness (QED) is 0.741. The molecule has 2 heterocycles. The molecule has 3 rings (SSSR count). The molecule has 3 aromatic rings. The first-order valence-electron chi connectivity index (χ1n) is 6.98. The fraction of sp³-hybridized carbons (Fsp3) is 0.176. The van der Waals surface area contributed by atoms with E-state index >= 15 is 0 Å². The van der Waals surface area contributed by atoms with Crippen molar-refractivity contribution in [3.05, 3.63) is 64.8 Å². The summed E-state index contributed by atoms with van der Waals surface area (Å²) in [5, 5.41) is 2.00. The Labute approximate surface area is 132 Å². The molecule has 0 aliphatic heterocycles. The van der Waals surface area contributed by atoms with E-state index in [1.165, 1.54) is 6.92 Å². The number of amides is 1. The maximum Gasteiger partial charge on any atom is 0.305 e. The number of benzene rings is 1. The van der Waals surface area contributed by atoms with E-state index in [0.717, 1.165) is 21.9 Å². The lowest BCUT2D eigenvalue weighted by Crippen LogP contribution is -2.19. The third kappa shape index (κ3) is 2.94. The van der Waals surface area contributed by atoms with Crippen LogP contribution in [0.15, 0.2) is 57.3 Å². The summed E-state index contributed by atoms with van der Waals surface area (Å²) in [6.07, 6.45) is 0. The smallest absolute Gasteiger partial charge is 0.305 e. The van der Waals surface area contributed by atoms with Gasteiger partial charge in [-0.1, -0.05) is 36.4 Å². The Morgan fingerprint density at radius 1 is 1.23 bits per heavy atom. The van der Waals surface area contributed by atoms with Crippen LogP contribution in [0, 0.1) is 6.92 Å². The molecule has 0 aliphatic rings. The number of aromatic nitrogens is 1. The Morgan fingerprint density at radius 3 is 2.64 bits per heavy atom. The molecule has 0 atom stereocenters. The summed E-state index contributed by atoms with van der Waals surface area (Å²) in [7, 11) is 0. The SMILES string of the molecule is CC(=O)N=c1oc(-c2cccs2)c(C)n1Cc1ccccc1. The fourth-order valence-corrected chi connectivity index (χ4v) is 3.05. The highest BCUT2D eigenvalue weighted by Gasteiger charge is 2.15. The Balaban J connectivity index is 2.13. The average molecular weight is 312 g/mol. The van der Waals surface area contributed by atoms with E-state index in [-0.39, 0.29) is 5.91 Å². The topological polar surface area (TPSA) is 47.5 Å². The molecule has 112 valence electrons.